The van der Waals surface area contributed by atoms with E-state index in [0.29, 0.717) is 6.54 Å². The third-order valence-corrected chi connectivity index (χ3v) is 3.41. The van der Waals surface area contributed by atoms with Crippen LogP contribution in [-0.4, -0.2) is 16.1 Å². The molecule has 0 saturated heterocycles. The van der Waals surface area contributed by atoms with E-state index in [1.54, 1.807) is 0 Å². The predicted octanol–water partition coefficient (Wildman–Crippen LogP) is 2.84. The number of fused-ring (bicyclic) bond motifs is 1. The topological polar surface area (TPSA) is 43.8 Å². The zero-order valence-corrected chi connectivity index (χ0v) is 11.0. The maximum absolute atomic E-state index is 5.60. The summed E-state index contributed by atoms with van der Waals surface area (Å²) < 4.78 is 2.14. The summed E-state index contributed by atoms with van der Waals surface area (Å²) in [6, 6.07) is 14.7. The van der Waals surface area contributed by atoms with Crippen molar-refractivity contribution in [1.29, 1.82) is 0 Å². The highest BCUT2D eigenvalue weighted by atomic mass is 15.0. The molecule has 0 fully saturated rings. The van der Waals surface area contributed by atoms with Crippen LogP contribution in [0.1, 0.15) is 11.1 Å². The van der Waals surface area contributed by atoms with Crippen LogP contribution in [0, 0.1) is 6.92 Å². The van der Waals surface area contributed by atoms with Crippen LogP contribution in [0.15, 0.2) is 48.8 Å². The van der Waals surface area contributed by atoms with Gasteiger partial charge < -0.3 is 5.73 Å². The molecule has 0 aliphatic carbocycles. The van der Waals surface area contributed by atoms with Crippen molar-refractivity contribution in [3.05, 3.63) is 59.9 Å². The van der Waals surface area contributed by atoms with Crippen molar-refractivity contribution in [3.8, 4) is 5.69 Å². The molecular formula is C16H17N3. The van der Waals surface area contributed by atoms with Gasteiger partial charge in [-0.05, 0) is 49.2 Å². The summed E-state index contributed by atoms with van der Waals surface area (Å²) in [5.74, 6) is 0. The van der Waals surface area contributed by atoms with E-state index in [4.69, 9.17) is 5.73 Å². The summed E-state index contributed by atoms with van der Waals surface area (Å²) in [4.78, 5) is 4.44. The normalized spacial score (nSPS) is 11.1. The van der Waals surface area contributed by atoms with Crippen molar-refractivity contribution in [2.45, 2.75) is 13.3 Å². The molecule has 0 atom stereocenters. The highest BCUT2D eigenvalue weighted by Crippen LogP contribution is 2.21. The zero-order chi connectivity index (χ0) is 13.2. The van der Waals surface area contributed by atoms with Gasteiger partial charge >= 0.3 is 0 Å². The second-order valence-corrected chi connectivity index (χ2v) is 4.76. The van der Waals surface area contributed by atoms with Crippen LogP contribution >= 0.6 is 0 Å². The number of hydrogen-bond acceptors (Lipinski definition) is 2. The van der Waals surface area contributed by atoms with Crippen LogP contribution in [0.5, 0.6) is 0 Å². The molecule has 96 valence electrons. The quantitative estimate of drug-likeness (QED) is 0.778. The van der Waals surface area contributed by atoms with Gasteiger partial charge in [-0.2, -0.15) is 0 Å². The van der Waals surface area contributed by atoms with Gasteiger partial charge in [0.25, 0.3) is 0 Å². The summed E-state index contributed by atoms with van der Waals surface area (Å²) in [6.07, 6.45) is 2.81. The van der Waals surface area contributed by atoms with E-state index in [1.165, 1.54) is 16.8 Å². The third-order valence-electron chi connectivity index (χ3n) is 3.41. The van der Waals surface area contributed by atoms with E-state index < -0.39 is 0 Å². The molecule has 3 rings (SSSR count). The molecular weight excluding hydrogens is 234 g/mol. The van der Waals surface area contributed by atoms with Crippen molar-refractivity contribution >= 4 is 11.0 Å². The summed E-state index contributed by atoms with van der Waals surface area (Å²) in [5, 5.41) is 0. The van der Waals surface area contributed by atoms with Gasteiger partial charge in [0.1, 0.15) is 6.33 Å². The monoisotopic (exact) mass is 251 g/mol. The second kappa shape index (κ2) is 4.86. The summed E-state index contributed by atoms with van der Waals surface area (Å²) in [6.45, 7) is 2.82. The first kappa shape index (κ1) is 11.9. The zero-order valence-electron chi connectivity index (χ0n) is 11.0. The number of benzene rings is 2. The molecule has 0 saturated carbocycles. The SMILES string of the molecule is Cc1cc(CCN)ccc1-n1cnc2ccccc21. The van der Waals surface area contributed by atoms with Gasteiger partial charge in [-0.3, -0.25) is 4.57 Å². The second-order valence-electron chi connectivity index (χ2n) is 4.76. The van der Waals surface area contributed by atoms with Gasteiger partial charge in [0.2, 0.25) is 0 Å². The smallest absolute Gasteiger partial charge is 0.100 e. The molecule has 0 amide bonds. The molecule has 3 aromatic rings. The number of rotatable bonds is 3. The van der Waals surface area contributed by atoms with E-state index in [9.17, 15) is 0 Å². The maximum Gasteiger partial charge on any atom is 0.100 e. The Bertz CT molecular complexity index is 713. The lowest BCUT2D eigenvalue weighted by Crippen LogP contribution is -2.04. The van der Waals surface area contributed by atoms with E-state index in [1.807, 2.05) is 24.5 Å². The van der Waals surface area contributed by atoms with E-state index in [2.05, 4.69) is 40.7 Å². The van der Waals surface area contributed by atoms with Crippen molar-refractivity contribution < 1.29 is 0 Å². The summed E-state index contributed by atoms with van der Waals surface area (Å²) in [5.41, 5.74) is 11.5. The van der Waals surface area contributed by atoms with E-state index >= 15 is 0 Å². The Balaban J connectivity index is 2.11. The molecule has 0 radical (unpaired) electrons. The average molecular weight is 251 g/mol. The number of hydrogen-bond donors (Lipinski definition) is 1. The first-order chi connectivity index (χ1) is 9.29. The van der Waals surface area contributed by atoms with Crippen LogP contribution in [-0.2, 0) is 6.42 Å². The highest BCUT2D eigenvalue weighted by molar-refractivity contribution is 5.77. The molecule has 0 aliphatic heterocycles. The predicted molar refractivity (Wildman–Crippen MR) is 78.6 cm³/mol. The minimum absolute atomic E-state index is 0.687. The minimum atomic E-state index is 0.687. The van der Waals surface area contributed by atoms with Crippen molar-refractivity contribution in [2.24, 2.45) is 5.73 Å². The Hall–Kier alpha value is -2.13. The number of nitrogens with zero attached hydrogens (tertiary/aromatic N) is 2. The molecule has 0 aliphatic rings. The lowest BCUT2D eigenvalue weighted by atomic mass is 10.1. The van der Waals surface area contributed by atoms with Crippen molar-refractivity contribution in [2.75, 3.05) is 6.54 Å². The van der Waals surface area contributed by atoms with E-state index in [-0.39, 0.29) is 0 Å². The first-order valence-electron chi connectivity index (χ1n) is 6.51. The van der Waals surface area contributed by atoms with Crippen LogP contribution < -0.4 is 5.73 Å². The fourth-order valence-corrected chi connectivity index (χ4v) is 2.46. The third kappa shape index (κ3) is 2.13. The van der Waals surface area contributed by atoms with Crippen LogP contribution in [0.4, 0.5) is 0 Å². The minimum Gasteiger partial charge on any atom is -0.330 e. The Labute approximate surface area is 112 Å². The number of nitrogens with two attached hydrogens (primary N) is 1. The standard InChI is InChI=1S/C16H17N3/c1-12-10-13(8-9-17)6-7-15(12)19-11-18-14-4-2-3-5-16(14)19/h2-7,10-11H,8-9,17H2,1H3. The molecule has 3 heteroatoms. The fourth-order valence-electron chi connectivity index (χ4n) is 2.46. The lowest BCUT2D eigenvalue weighted by molar-refractivity contribution is 0.962. The number of aryl methyl sites for hydroxylation is 1. The molecule has 0 unspecified atom stereocenters. The van der Waals surface area contributed by atoms with Gasteiger partial charge in [0.05, 0.1) is 16.7 Å². The molecule has 0 spiro atoms. The lowest BCUT2D eigenvalue weighted by Gasteiger charge is -2.10. The van der Waals surface area contributed by atoms with Crippen LogP contribution in [0.25, 0.3) is 16.7 Å². The van der Waals surface area contributed by atoms with Gasteiger partial charge in [-0.25, -0.2) is 4.98 Å². The summed E-state index contributed by atoms with van der Waals surface area (Å²) in [7, 11) is 0. The van der Waals surface area contributed by atoms with Crippen LogP contribution in [0.3, 0.4) is 0 Å². The van der Waals surface area contributed by atoms with Gasteiger partial charge in [-0.15, -0.1) is 0 Å². The Kier molecular flexibility index (Phi) is 3.05. The fraction of sp³-hybridized carbons (Fsp3) is 0.188. The molecule has 0 bridgehead atoms. The first-order valence-corrected chi connectivity index (χ1v) is 6.51. The molecule has 19 heavy (non-hydrogen) atoms. The number of imidazole rings is 1. The average Bonchev–Trinajstić information content (AvgIpc) is 2.83. The number of para-hydroxylation sites is 2. The van der Waals surface area contributed by atoms with Gasteiger partial charge in [0, 0.05) is 0 Å². The molecule has 3 nitrogen and oxygen atoms in total. The molecule has 1 heterocycles. The van der Waals surface area contributed by atoms with Gasteiger partial charge in [0.15, 0.2) is 0 Å². The Morgan fingerprint density at radius 3 is 2.79 bits per heavy atom. The van der Waals surface area contributed by atoms with Gasteiger partial charge in [-0.1, -0.05) is 24.3 Å². The largest absolute Gasteiger partial charge is 0.330 e. The molecule has 2 aromatic carbocycles. The van der Waals surface area contributed by atoms with E-state index in [0.717, 1.165) is 17.5 Å². The maximum atomic E-state index is 5.60. The van der Waals surface area contributed by atoms with Crippen LogP contribution in [0.2, 0.25) is 0 Å². The Morgan fingerprint density at radius 1 is 1.16 bits per heavy atom. The highest BCUT2D eigenvalue weighted by Gasteiger charge is 2.06. The number of aromatic nitrogens is 2. The van der Waals surface area contributed by atoms with Crippen molar-refractivity contribution in [3.63, 3.8) is 0 Å². The summed E-state index contributed by atoms with van der Waals surface area (Å²) >= 11 is 0. The molecule has 1 aromatic heterocycles. The Morgan fingerprint density at radius 2 is 2.00 bits per heavy atom. The van der Waals surface area contributed by atoms with Crippen molar-refractivity contribution in [1.82, 2.24) is 9.55 Å². The molecule has 2 N–H and O–H groups in total.